The number of esters is 1. The number of carbonyl (C=O) groups excluding carboxylic acids is 3. The van der Waals surface area contributed by atoms with Gasteiger partial charge in [-0.3, -0.25) is 14.4 Å². The molecular weight excluding hydrogens is 490 g/mol. The molecule has 0 spiro atoms. The lowest BCUT2D eigenvalue weighted by Gasteiger charge is -2.30. The topological polar surface area (TPSA) is 142 Å². The van der Waals surface area contributed by atoms with E-state index >= 15 is 0 Å². The van der Waals surface area contributed by atoms with Crippen LogP contribution in [0.1, 0.15) is 59.9 Å². The van der Waals surface area contributed by atoms with Crippen LogP contribution in [0.3, 0.4) is 0 Å². The highest BCUT2D eigenvalue weighted by molar-refractivity contribution is 5.89. The first-order valence-corrected chi connectivity index (χ1v) is 13.1. The molecule has 0 bridgehead atoms. The number of allylic oxidation sites excluding steroid dienone is 1. The molecule has 4 N–H and O–H groups in total. The average Bonchev–Trinajstić information content (AvgIpc) is 2.85. The third-order valence-corrected chi connectivity index (χ3v) is 5.62. The number of hydrogen-bond donors (Lipinski definition) is 4. The van der Waals surface area contributed by atoms with Gasteiger partial charge in [-0.25, -0.2) is 0 Å². The summed E-state index contributed by atoms with van der Waals surface area (Å²) in [5.74, 6) is -2.13. The van der Waals surface area contributed by atoms with Crippen LogP contribution in [0.2, 0.25) is 0 Å². The zero-order valence-electron chi connectivity index (χ0n) is 23.4. The SMILES string of the molecule is CC(C)O[C@@H](C(=O)C[C@@H](C)C(=O)NCCOC(=O)CCc1ccccc1)[C@H](O)[C@@H](O)[C@H](O)/C=C/C(C)(C)C. The van der Waals surface area contributed by atoms with Crippen LogP contribution in [0.15, 0.2) is 42.5 Å². The maximum atomic E-state index is 12.9. The first kappa shape index (κ1) is 33.4. The van der Waals surface area contributed by atoms with E-state index in [4.69, 9.17) is 9.47 Å². The van der Waals surface area contributed by atoms with Crippen molar-refractivity contribution in [3.05, 3.63) is 48.0 Å². The highest BCUT2D eigenvalue weighted by Crippen LogP contribution is 2.19. The number of benzene rings is 1. The molecule has 1 rings (SSSR count). The van der Waals surface area contributed by atoms with Crippen LogP contribution in [0.5, 0.6) is 0 Å². The van der Waals surface area contributed by atoms with E-state index in [2.05, 4.69) is 5.32 Å². The van der Waals surface area contributed by atoms with E-state index in [-0.39, 0.29) is 37.4 Å². The second-order valence-electron chi connectivity index (χ2n) is 10.9. The van der Waals surface area contributed by atoms with E-state index in [9.17, 15) is 29.7 Å². The Hall–Kier alpha value is -2.59. The molecule has 0 saturated carbocycles. The van der Waals surface area contributed by atoms with Crippen LogP contribution in [-0.4, -0.2) is 76.7 Å². The molecule has 9 nitrogen and oxygen atoms in total. The minimum atomic E-state index is -1.70. The molecule has 1 amide bonds. The summed E-state index contributed by atoms with van der Waals surface area (Å²) in [6.07, 6.45) is -3.04. The monoisotopic (exact) mass is 535 g/mol. The number of amides is 1. The van der Waals surface area contributed by atoms with Gasteiger partial charge in [0, 0.05) is 18.8 Å². The fraction of sp³-hybridized carbons (Fsp3) is 0.621. The van der Waals surface area contributed by atoms with E-state index < -0.39 is 48.1 Å². The van der Waals surface area contributed by atoms with Gasteiger partial charge in [-0.05, 0) is 31.2 Å². The molecule has 5 atom stereocenters. The Morgan fingerprint density at radius 3 is 2.21 bits per heavy atom. The third-order valence-electron chi connectivity index (χ3n) is 5.62. The molecule has 214 valence electrons. The molecule has 1 aromatic carbocycles. The Kier molecular flexibility index (Phi) is 14.4. The van der Waals surface area contributed by atoms with Crippen molar-refractivity contribution in [3.8, 4) is 0 Å². The minimum Gasteiger partial charge on any atom is -0.464 e. The van der Waals surface area contributed by atoms with Gasteiger partial charge < -0.3 is 30.1 Å². The molecule has 0 saturated heterocycles. The summed E-state index contributed by atoms with van der Waals surface area (Å²) >= 11 is 0. The molecular formula is C29H45NO8. The van der Waals surface area contributed by atoms with Gasteiger partial charge in [0.15, 0.2) is 5.78 Å². The van der Waals surface area contributed by atoms with E-state index in [1.807, 2.05) is 51.1 Å². The fourth-order valence-electron chi connectivity index (χ4n) is 3.51. The van der Waals surface area contributed by atoms with Crippen LogP contribution in [0.4, 0.5) is 0 Å². The van der Waals surface area contributed by atoms with E-state index in [1.54, 1.807) is 26.8 Å². The number of aryl methyl sites for hydroxylation is 1. The average molecular weight is 536 g/mol. The van der Waals surface area contributed by atoms with Gasteiger partial charge >= 0.3 is 5.97 Å². The van der Waals surface area contributed by atoms with Gasteiger partial charge in [-0.1, -0.05) is 70.2 Å². The van der Waals surface area contributed by atoms with Crippen LogP contribution in [0, 0.1) is 11.3 Å². The second kappa shape index (κ2) is 16.4. The zero-order valence-corrected chi connectivity index (χ0v) is 23.4. The van der Waals surface area contributed by atoms with Gasteiger partial charge in [-0.2, -0.15) is 0 Å². The van der Waals surface area contributed by atoms with Crippen LogP contribution < -0.4 is 5.32 Å². The molecule has 0 heterocycles. The number of Topliss-reactive ketones (excluding diaryl/α,β-unsaturated/α-hetero) is 1. The Balaban J connectivity index is 2.55. The molecule has 9 heteroatoms. The largest absolute Gasteiger partial charge is 0.464 e. The van der Waals surface area contributed by atoms with Crippen LogP contribution >= 0.6 is 0 Å². The lowest BCUT2D eigenvalue weighted by Crippen LogP contribution is -2.50. The first-order chi connectivity index (χ1) is 17.7. The highest BCUT2D eigenvalue weighted by atomic mass is 16.5. The Morgan fingerprint density at radius 2 is 1.63 bits per heavy atom. The molecule has 0 unspecified atom stereocenters. The van der Waals surface area contributed by atoms with Crippen molar-refractivity contribution in [1.29, 1.82) is 0 Å². The van der Waals surface area contributed by atoms with Crippen molar-refractivity contribution in [2.24, 2.45) is 11.3 Å². The molecule has 0 radical (unpaired) electrons. The fourth-order valence-corrected chi connectivity index (χ4v) is 3.51. The molecule has 0 aliphatic rings. The van der Waals surface area contributed by atoms with Crippen molar-refractivity contribution in [3.63, 3.8) is 0 Å². The molecule has 1 aromatic rings. The lowest BCUT2D eigenvalue weighted by atomic mass is 9.92. The summed E-state index contributed by atoms with van der Waals surface area (Å²) in [4.78, 5) is 37.3. The van der Waals surface area contributed by atoms with Gasteiger partial charge in [0.05, 0.1) is 12.6 Å². The van der Waals surface area contributed by atoms with Crippen molar-refractivity contribution in [2.45, 2.75) is 91.3 Å². The highest BCUT2D eigenvalue weighted by Gasteiger charge is 2.37. The summed E-state index contributed by atoms with van der Waals surface area (Å²) < 4.78 is 10.7. The molecule has 38 heavy (non-hydrogen) atoms. The summed E-state index contributed by atoms with van der Waals surface area (Å²) in [6.45, 7) is 10.7. The van der Waals surface area contributed by atoms with Crippen LogP contribution in [-0.2, 0) is 30.3 Å². The van der Waals surface area contributed by atoms with Gasteiger partial charge in [-0.15, -0.1) is 0 Å². The summed E-state index contributed by atoms with van der Waals surface area (Å²) in [6, 6.07) is 9.56. The van der Waals surface area contributed by atoms with Crippen LogP contribution in [0.25, 0.3) is 0 Å². The van der Waals surface area contributed by atoms with E-state index in [1.165, 1.54) is 6.08 Å². The summed E-state index contributed by atoms with van der Waals surface area (Å²) in [5, 5.41) is 34.0. The maximum Gasteiger partial charge on any atom is 0.306 e. The molecule has 0 fully saturated rings. The predicted molar refractivity (Wildman–Crippen MR) is 144 cm³/mol. The summed E-state index contributed by atoms with van der Waals surface area (Å²) in [5.41, 5.74) is 0.781. The number of ketones is 1. The van der Waals surface area contributed by atoms with Crippen molar-refractivity contribution >= 4 is 17.7 Å². The van der Waals surface area contributed by atoms with Crippen molar-refractivity contribution in [2.75, 3.05) is 13.2 Å². The smallest absolute Gasteiger partial charge is 0.306 e. The van der Waals surface area contributed by atoms with Gasteiger partial charge in [0.2, 0.25) is 5.91 Å². The van der Waals surface area contributed by atoms with Crippen molar-refractivity contribution < 1.29 is 39.2 Å². The van der Waals surface area contributed by atoms with E-state index in [0.717, 1.165) is 5.56 Å². The van der Waals surface area contributed by atoms with Crippen molar-refractivity contribution in [1.82, 2.24) is 5.32 Å². The lowest BCUT2D eigenvalue weighted by molar-refractivity contribution is -0.158. The number of rotatable bonds is 16. The predicted octanol–water partition coefficient (Wildman–Crippen LogP) is 2.35. The molecule has 0 aliphatic carbocycles. The first-order valence-electron chi connectivity index (χ1n) is 13.1. The number of ether oxygens (including phenoxy) is 2. The molecule has 0 aliphatic heterocycles. The maximum absolute atomic E-state index is 12.9. The standard InChI is InChI=1S/C29H45NO8/c1-19(2)38-27(26(35)25(34)22(31)14-15-29(4,5)6)23(32)18-20(3)28(36)30-16-17-37-24(33)13-12-21-10-8-7-9-11-21/h7-11,14-15,19-20,22,25-27,31,34-35H,12-13,16-18H2,1-6H3,(H,30,36)/b15-14+/t20-,22-,25+,26-,27+/m1/s1. The van der Waals surface area contributed by atoms with Gasteiger partial charge in [0.25, 0.3) is 0 Å². The van der Waals surface area contributed by atoms with Gasteiger partial charge in [0.1, 0.15) is 31.0 Å². The second-order valence-corrected chi connectivity index (χ2v) is 10.9. The number of nitrogens with one attached hydrogen (secondary N) is 1. The normalized spacial score (nSPS) is 16.1. The number of aliphatic hydroxyl groups excluding tert-OH is 3. The Morgan fingerprint density at radius 1 is 1.00 bits per heavy atom. The Labute approximate surface area is 226 Å². The number of aliphatic hydroxyl groups is 3. The van der Waals surface area contributed by atoms with E-state index in [0.29, 0.717) is 6.42 Å². The third kappa shape index (κ3) is 13.3. The minimum absolute atomic E-state index is 0.00396. The zero-order chi connectivity index (χ0) is 28.9. The summed E-state index contributed by atoms with van der Waals surface area (Å²) in [7, 11) is 0. The number of hydrogen-bond acceptors (Lipinski definition) is 8. The molecule has 0 aromatic heterocycles. The number of carbonyl (C=O) groups is 3. The quantitative estimate of drug-likeness (QED) is 0.144. The Bertz CT molecular complexity index is 894.